The van der Waals surface area contributed by atoms with Gasteiger partial charge in [-0.05, 0) is 17.7 Å². The monoisotopic (exact) mass is 294 g/mol. The number of nitrogens with zero attached hydrogens (tertiary/aromatic N) is 4. The van der Waals surface area contributed by atoms with Crippen LogP contribution in [0.2, 0.25) is 0 Å². The highest BCUT2D eigenvalue weighted by Crippen LogP contribution is 2.14. The van der Waals surface area contributed by atoms with Crippen LogP contribution in [0, 0.1) is 5.82 Å². The lowest BCUT2D eigenvalue weighted by atomic mass is 10.2. The lowest BCUT2D eigenvalue weighted by Gasteiger charge is -2.16. The zero-order valence-corrected chi connectivity index (χ0v) is 12.1. The molecule has 0 radical (unpaired) electrons. The van der Waals surface area contributed by atoms with Crippen molar-refractivity contribution in [1.29, 1.82) is 0 Å². The number of hydrogen-bond acceptors (Lipinski definition) is 4. The number of benzene rings is 1. The first kappa shape index (κ1) is 14.5. The van der Waals surface area contributed by atoms with E-state index in [0.29, 0.717) is 11.7 Å². The normalized spacial score (nSPS) is 10.6. The minimum atomic E-state index is -0.295. The van der Waals surface area contributed by atoms with Gasteiger partial charge in [0.15, 0.2) is 5.16 Å². The number of aryl methyl sites for hydroxylation is 1. The highest BCUT2D eigenvalue weighted by atomic mass is 32.2. The summed E-state index contributed by atoms with van der Waals surface area (Å²) in [6.07, 6.45) is 1.59. The zero-order valence-electron chi connectivity index (χ0n) is 11.3. The minimum absolute atomic E-state index is 0.0396. The SMILES string of the molecule is CN(Cc1cccc(F)c1)C(=O)CSc1nncn1C. The molecule has 0 N–H and O–H groups in total. The molecule has 0 fully saturated rings. The summed E-state index contributed by atoms with van der Waals surface area (Å²) in [5.74, 6) is -0.0581. The van der Waals surface area contributed by atoms with Crippen molar-refractivity contribution in [2.75, 3.05) is 12.8 Å². The molecule has 2 rings (SSSR count). The number of thioether (sulfide) groups is 1. The van der Waals surface area contributed by atoms with E-state index in [1.807, 2.05) is 7.05 Å². The summed E-state index contributed by atoms with van der Waals surface area (Å²) < 4.78 is 14.8. The van der Waals surface area contributed by atoms with Crippen LogP contribution in [0.1, 0.15) is 5.56 Å². The Kier molecular flexibility index (Phi) is 4.73. The Morgan fingerprint density at radius 2 is 2.30 bits per heavy atom. The minimum Gasteiger partial charge on any atom is -0.341 e. The van der Waals surface area contributed by atoms with Gasteiger partial charge in [-0.25, -0.2) is 4.39 Å². The number of amides is 1. The number of rotatable bonds is 5. The average Bonchev–Trinajstić information content (AvgIpc) is 2.81. The fraction of sp³-hybridized carbons (Fsp3) is 0.308. The summed E-state index contributed by atoms with van der Waals surface area (Å²) in [6.45, 7) is 0.385. The van der Waals surface area contributed by atoms with Crippen molar-refractivity contribution in [2.45, 2.75) is 11.7 Å². The van der Waals surface area contributed by atoms with Gasteiger partial charge in [0, 0.05) is 20.6 Å². The maximum Gasteiger partial charge on any atom is 0.233 e. The molecule has 106 valence electrons. The van der Waals surface area contributed by atoms with Crippen LogP contribution >= 0.6 is 11.8 Å². The maximum atomic E-state index is 13.1. The second-order valence-corrected chi connectivity index (χ2v) is 5.34. The molecule has 5 nitrogen and oxygen atoms in total. The standard InChI is InChI=1S/C13H15FN4OS/c1-17(7-10-4-3-5-11(14)6-10)12(19)8-20-13-16-15-9-18(13)2/h3-6,9H,7-8H2,1-2H3. The Labute approximate surface area is 120 Å². The van der Waals surface area contributed by atoms with Gasteiger partial charge in [-0.1, -0.05) is 23.9 Å². The highest BCUT2D eigenvalue weighted by Gasteiger charge is 2.12. The Morgan fingerprint density at radius 1 is 1.50 bits per heavy atom. The van der Waals surface area contributed by atoms with Crippen LogP contribution < -0.4 is 0 Å². The summed E-state index contributed by atoms with van der Waals surface area (Å²) in [7, 11) is 3.52. The molecule has 0 aliphatic carbocycles. The van der Waals surface area contributed by atoms with Crippen molar-refractivity contribution in [3.63, 3.8) is 0 Å². The van der Waals surface area contributed by atoms with E-state index < -0.39 is 0 Å². The molecule has 0 aliphatic rings. The van der Waals surface area contributed by atoms with Gasteiger partial charge in [0.25, 0.3) is 0 Å². The molecule has 0 saturated carbocycles. The van der Waals surface area contributed by atoms with Gasteiger partial charge >= 0.3 is 0 Å². The van der Waals surface area contributed by atoms with E-state index >= 15 is 0 Å². The van der Waals surface area contributed by atoms with Crippen LogP contribution in [0.4, 0.5) is 4.39 Å². The first-order valence-electron chi connectivity index (χ1n) is 6.01. The molecule has 0 spiro atoms. The Morgan fingerprint density at radius 3 is 2.95 bits per heavy atom. The van der Waals surface area contributed by atoms with Gasteiger partial charge in [0.05, 0.1) is 5.75 Å². The molecule has 7 heteroatoms. The molecule has 0 atom stereocenters. The van der Waals surface area contributed by atoms with E-state index in [0.717, 1.165) is 5.56 Å². The average molecular weight is 294 g/mol. The van der Waals surface area contributed by atoms with Gasteiger partial charge in [-0.2, -0.15) is 0 Å². The topological polar surface area (TPSA) is 51.0 Å². The molecule has 0 unspecified atom stereocenters. The van der Waals surface area contributed by atoms with Crippen LogP contribution in [0.5, 0.6) is 0 Å². The molecule has 0 bridgehead atoms. The third-order valence-corrected chi connectivity index (χ3v) is 3.75. The lowest BCUT2D eigenvalue weighted by molar-refractivity contribution is -0.127. The number of carbonyl (C=O) groups is 1. The second-order valence-electron chi connectivity index (χ2n) is 4.39. The molecule has 1 aromatic heterocycles. The summed E-state index contributed by atoms with van der Waals surface area (Å²) in [4.78, 5) is 13.6. The van der Waals surface area contributed by atoms with Crippen LogP contribution in [0.25, 0.3) is 0 Å². The molecule has 1 amide bonds. The third-order valence-electron chi connectivity index (χ3n) is 2.73. The quantitative estimate of drug-likeness (QED) is 0.788. The summed E-state index contributed by atoms with van der Waals surface area (Å²) in [6, 6.07) is 6.24. The fourth-order valence-electron chi connectivity index (χ4n) is 1.64. The Balaban J connectivity index is 1.87. The van der Waals surface area contributed by atoms with Crippen LogP contribution in [0.15, 0.2) is 35.7 Å². The van der Waals surface area contributed by atoms with Crippen molar-refractivity contribution in [1.82, 2.24) is 19.7 Å². The van der Waals surface area contributed by atoms with Crippen molar-refractivity contribution < 1.29 is 9.18 Å². The number of halogens is 1. The molecular weight excluding hydrogens is 279 g/mol. The van der Waals surface area contributed by atoms with Gasteiger partial charge in [-0.3, -0.25) is 4.79 Å². The van der Waals surface area contributed by atoms with Crippen molar-refractivity contribution in [2.24, 2.45) is 7.05 Å². The van der Waals surface area contributed by atoms with Crippen LogP contribution in [-0.2, 0) is 18.4 Å². The van der Waals surface area contributed by atoms with E-state index in [2.05, 4.69) is 10.2 Å². The largest absolute Gasteiger partial charge is 0.341 e. The predicted octanol–water partition coefficient (Wildman–Crippen LogP) is 1.70. The van der Waals surface area contributed by atoms with E-state index in [1.165, 1.54) is 23.9 Å². The maximum absolute atomic E-state index is 13.1. The van der Waals surface area contributed by atoms with Gasteiger partial charge < -0.3 is 9.47 Å². The third kappa shape index (κ3) is 3.80. The van der Waals surface area contributed by atoms with Crippen molar-refractivity contribution in [3.8, 4) is 0 Å². The summed E-state index contributed by atoms with van der Waals surface area (Å²) in [5.41, 5.74) is 0.768. The molecule has 20 heavy (non-hydrogen) atoms. The first-order chi connectivity index (χ1) is 9.56. The molecule has 1 aromatic carbocycles. The molecule has 0 aliphatic heterocycles. The second kappa shape index (κ2) is 6.51. The van der Waals surface area contributed by atoms with Gasteiger partial charge in [-0.15, -0.1) is 10.2 Å². The highest BCUT2D eigenvalue weighted by molar-refractivity contribution is 7.99. The van der Waals surface area contributed by atoms with E-state index in [9.17, 15) is 9.18 Å². The molecule has 0 saturated heterocycles. The Hall–Kier alpha value is -1.89. The number of hydrogen-bond donors (Lipinski definition) is 0. The predicted molar refractivity (Wildman–Crippen MR) is 74.6 cm³/mol. The molecule has 1 heterocycles. The summed E-state index contributed by atoms with van der Waals surface area (Å²) in [5, 5.41) is 8.34. The molecule has 2 aromatic rings. The zero-order chi connectivity index (χ0) is 14.5. The van der Waals surface area contributed by atoms with Crippen molar-refractivity contribution >= 4 is 17.7 Å². The van der Waals surface area contributed by atoms with Gasteiger partial charge in [0.2, 0.25) is 5.91 Å². The number of aromatic nitrogens is 3. The van der Waals surface area contributed by atoms with E-state index in [4.69, 9.17) is 0 Å². The summed E-state index contributed by atoms with van der Waals surface area (Å²) >= 11 is 1.33. The van der Waals surface area contributed by atoms with E-state index in [-0.39, 0.29) is 17.5 Å². The fourth-order valence-corrected chi connectivity index (χ4v) is 2.47. The van der Waals surface area contributed by atoms with Crippen LogP contribution in [-0.4, -0.2) is 38.4 Å². The van der Waals surface area contributed by atoms with Crippen LogP contribution in [0.3, 0.4) is 0 Å². The Bertz CT molecular complexity index is 602. The van der Waals surface area contributed by atoms with Crippen molar-refractivity contribution in [3.05, 3.63) is 42.0 Å². The lowest BCUT2D eigenvalue weighted by Crippen LogP contribution is -2.27. The smallest absolute Gasteiger partial charge is 0.233 e. The first-order valence-corrected chi connectivity index (χ1v) is 7.00. The molecular formula is C13H15FN4OS. The van der Waals surface area contributed by atoms with Gasteiger partial charge in [0.1, 0.15) is 12.1 Å². The number of carbonyl (C=O) groups excluding carboxylic acids is 1. The van der Waals surface area contributed by atoms with E-state index in [1.54, 1.807) is 35.0 Å².